The van der Waals surface area contributed by atoms with E-state index in [9.17, 15) is 15.0 Å². The third kappa shape index (κ3) is 5.48. The molecule has 0 saturated carbocycles. The van der Waals surface area contributed by atoms with E-state index in [1.807, 2.05) is 31.2 Å². The Labute approximate surface area is 147 Å². The van der Waals surface area contributed by atoms with E-state index in [-0.39, 0.29) is 11.3 Å². The molecule has 0 bridgehead atoms. The van der Waals surface area contributed by atoms with Gasteiger partial charge in [-0.05, 0) is 30.7 Å². The number of aliphatic hydroxyl groups is 1. The summed E-state index contributed by atoms with van der Waals surface area (Å²) in [5.41, 5.74) is 2.07. The number of nitrogens with one attached hydrogen (secondary N) is 1. The average molecular weight is 345 g/mol. The van der Waals surface area contributed by atoms with Crippen molar-refractivity contribution in [3.05, 3.63) is 59.2 Å². The second kappa shape index (κ2) is 9.05. The fraction of sp³-hybridized carbons (Fsp3) is 0.316. The number of carbonyl (C=O) groups excluding carboxylic acids is 1. The van der Waals surface area contributed by atoms with Crippen molar-refractivity contribution in [2.24, 2.45) is 0 Å². The molecule has 0 aliphatic carbocycles. The van der Waals surface area contributed by atoms with Crippen LogP contribution in [0, 0.1) is 6.92 Å². The highest BCUT2D eigenvalue weighted by atomic mass is 16.5. The highest BCUT2D eigenvalue weighted by Gasteiger charge is 2.12. The molecule has 3 N–H and O–H groups in total. The standard InChI is InChI=1S/C19H23NO5/c1-13-3-5-14(6-4-13)18(22)12-20-9-10-25-15-7-8-17(21)16(11-15)19(23)24-2/h3-8,11,18,20-22H,9-10,12H2,1-2H3. The largest absolute Gasteiger partial charge is 0.507 e. The minimum Gasteiger partial charge on any atom is -0.507 e. The van der Waals surface area contributed by atoms with E-state index in [0.29, 0.717) is 25.4 Å². The Balaban J connectivity index is 1.76. The van der Waals surface area contributed by atoms with E-state index in [2.05, 4.69) is 10.1 Å². The third-order valence-electron chi connectivity index (χ3n) is 3.72. The lowest BCUT2D eigenvalue weighted by atomic mass is 10.1. The summed E-state index contributed by atoms with van der Waals surface area (Å²) in [5.74, 6) is -0.320. The van der Waals surface area contributed by atoms with Crippen LogP contribution in [0.4, 0.5) is 0 Å². The van der Waals surface area contributed by atoms with Crippen LogP contribution in [0.1, 0.15) is 27.6 Å². The minimum absolute atomic E-state index is 0.0581. The first-order valence-corrected chi connectivity index (χ1v) is 8.00. The Hall–Kier alpha value is -2.57. The zero-order valence-electron chi connectivity index (χ0n) is 14.4. The second-order valence-corrected chi connectivity index (χ2v) is 5.65. The fourth-order valence-electron chi connectivity index (χ4n) is 2.26. The molecule has 6 nitrogen and oxygen atoms in total. The number of aromatic hydroxyl groups is 1. The van der Waals surface area contributed by atoms with Crippen LogP contribution in [0.3, 0.4) is 0 Å². The second-order valence-electron chi connectivity index (χ2n) is 5.65. The predicted octanol–water partition coefficient (Wildman–Crippen LogP) is 2.19. The lowest BCUT2D eigenvalue weighted by Crippen LogP contribution is -2.26. The maximum atomic E-state index is 11.5. The number of rotatable bonds is 8. The van der Waals surface area contributed by atoms with Gasteiger partial charge in [0.1, 0.15) is 23.7 Å². The van der Waals surface area contributed by atoms with E-state index in [1.54, 1.807) is 6.07 Å². The van der Waals surface area contributed by atoms with Gasteiger partial charge in [-0.1, -0.05) is 29.8 Å². The summed E-state index contributed by atoms with van der Waals surface area (Å²) >= 11 is 0. The van der Waals surface area contributed by atoms with Crippen molar-refractivity contribution in [3.63, 3.8) is 0 Å². The van der Waals surface area contributed by atoms with Crippen molar-refractivity contribution in [1.29, 1.82) is 0 Å². The minimum atomic E-state index is -0.623. The molecule has 1 atom stereocenters. The molecular weight excluding hydrogens is 322 g/mol. The Bertz CT molecular complexity index is 699. The van der Waals surface area contributed by atoms with Crippen molar-refractivity contribution < 1.29 is 24.5 Å². The smallest absolute Gasteiger partial charge is 0.341 e. The molecule has 0 radical (unpaired) electrons. The monoisotopic (exact) mass is 345 g/mol. The van der Waals surface area contributed by atoms with Gasteiger partial charge in [0.05, 0.1) is 13.2 Å². The molecule has 2 aromatic carbocycles. The van der Waals surface area contributed by atoms with Crippen molar-refractivity contribution in [2.75, 3.05) is 26.8 Å². The molecule has 0 aliphatic rings. The molecule has 0 amide bonds. The molecule has 2 rings (SSSR count). The molecule has 0 heterocycles. The van der Waals surface area contributed by atoms with E-state index >= 15 is 0 Å². The SMILES string of the molecule is COC(=O)c1cc(OCCNCC(O)c2ccc(C)cc2)ccc1O. The molecule has 0 aromatic heterocycles. The van der Waals surface area contributed by atoms with Crippen molar-refractivity contribution in [1.82, 2.24) is 5.32 Å². The number of methoxy groups -OCH3 is 1. The lowest BCUT2D eigenvalue weighted by Gasteiger charge is -2.13. The van der Waals surface area contributed by atoms with Gasteiger partial charge in [-0.15, -0.1) is 0 Å². The van der Waals surface area contributed by atoms with Gasteiger partial charge in [0.15, 0.2) is 0 Å². The molecule has 0 saturated heterocycles. The number of aryl methyl sites for hydroxylation is 1. The highest BCUT2D eigenvalue weighted by Crippen LogP contribution is 2.23. The normalized spacial score (nSPS) is 11.8. The van der Waals surface area contributed by atoms with Gasteiger partial charge in [-0.25, -0.2) is 4.79 Å². The molecule has 2 aromatic rings. The number of hydrogen-bond acceptors (Lipinski definition) is 6. The number of carbonyl (C=O) groups is 1. The van der Waals surface area contributed by atoms with Gasteiger partial charge in [0, 0.05) is 13.1 Å². The summed E-state index contributed by atoms with van der Waals surface area (Å²) in [6, 6.07) is 12.1. The molecular formula is C19H23NO5. The zero-order valence-corrected chi connectivity index (χ0v) is 14.4. The summed E-state index contributed by atoms with van der Waals surface area (Å²) in [4.78, 5) is 11.5. The number of benzene rings is 2. The van der Waals surface area contributed by atoms with E-state index in [0.717, 1.165) is 11.1 Å². The number of aliphatic hydroxyl groups excluding tert-OH is 1. The molecule has 0 spiro atoms. The van der Waals surface area contributed by atoms with Crippen LogP contribution < -0.4 is 10.1 Å². The van der Waals surface area contributed by atoms with Crippen LogP contribution in [0.25, 0.3) is 0 Å². The molecule has 0 fully saturated rings. The van der Waals surface area contributed by atoms with E-state index in [4.69, 9.17) is 4.74 Å². The van der Waals surface area contributed by atoms with Crippen LogP contribution in [0.2, 0.25) is 0 Å². The maximum Gasteiger partial charge on any atom is 0.341 e. The van der Waals surface area contributed by atoms with Crippen molar-refractivity contribution >= 4 is 5.97 Å². The zero-order chi connectivity index (χ0) is 18.2. The Morgan fingerprint density at radius 3 is 2.60 bits per heavy atom. The fourth-order valence-corrected chi connectivity index (χ4v) is 2.26. The molecule has 1 unspecified atom stereocenters. The first kappa shape index (κ1) is 18.8. The van der Waals surface area contributed by atoms with Crippen LogP contribution in [-0.2, 0) is 4.74 Å². The van der Waals surface area contributed by atoms with Crippen LogP contribution in [0.15, 0.2) is 42.5 Å². The average Bonchev–Trinajstić information content (AvgIpc) is 2.62. The van der Waals surface area contributed by atoms with E-state index < -0.39 is 12.1 Å². The first-order chi connectivity index (χ1) is 12.0. The quantitative estimate of drug-likeness (QED) is 0.502. The first-order valence-electron chi connectivity index (χ1n) is 8.00. The Kier molecular flexibility index (Phi) is 6.80. The molecule has 6 heteroatoms. The van der Waals surface area contributed by atoms with Gasteiger partial charge in [-0.3, -0.25) is 0 Å². The number of hydrogen-bond donors (Lipinski definition) is 3. The van der Waals surface area contributed by atoms with Gasteiger partial charge >= 0.3 is 5.97 Å². The molecule has 134 valence electrons. The van der Waals surface area contributed by atoms with Gasteiger partial charge < -0.3 is 25.0 Å². The number of phenols is 1. The summed E-state index contributed by atoms with van der Waals surface area (Å²) in [7, 11) is 1.25. The molecule has 25 heavy (non-hydrogen) atoms. The van der Waals surface area contributed by atoms with Crippen LogP contribution >= 0.6 is 0 Å². The van der Waals surface area contributed by atoms with Gasteiger partial charge in [0.2, 0.25) is 0 Å². The molecule has 0 aliphatic heterocycles. The van der Waals surface area contributed by atoms with Gasteiger partial charge in [0.25, 0.3) is 0 Å². The number of phenolic OH excluding ortho intramolecular Hbond substituents is 1. The van der Waals surface area contributed by atoms with Crippen molar-refractivity contribution in [2.45, 2.75) is 13.0 Å². The summed E-state index contributed by atoms with van der Waals surface area (Å²) < 4.78 is 10.1. The van der Waals surface area contributed by atoms with Gasteiger partial charge in [-0.2, -0.15) is 0 Å². The summed E-state index contributed by atoms with van der Waals surface area (Å²) in [5, 5.41) is 22.8. The topological polar surface area (TPSA) is 88.0 Å². The lowest BCUT2D eigenvalue weighted by molar-refractivity contribution is 0.0597. The number of esters is 1. The third-order valence-corrected chi connectivity index (χ3v) is 3.72. The van der Waals surface area contributed by atoms with E-state index in [1.165, 1.54) is 19.2 Å². The summed E-state index contributed by atoms with van der Waals surface area (Å²) in [6.07, 6.45) is -0.583. The Morgan fingerprint density at radius 2 is 1.92 bits per heavy atom. The maximum absolute atomic E-state index is 11.5. The Morgan fingerprint density at radius 1 is 1.20 bits per heavy atom. The number of ether oxygens (including phenoxy) is 2. The predicted molar refractivity (Wildman–Crippen MR) is 93.9 cm³/mol. The highest BCUT2D eigenvalue weighted by molar-refractivity contribution is 5.92. The van der Waals surface area contributed by atoms with Crippen LogP contribution in [0.5, 0.6) is 11.5 Å². The van der Waals surface area contributed by atoms with Crippen molar-refractivity contribution in [3.8, 4) is 11.5 Å². The van der Waals surface area contributed by atoms with Crippen LogP contribution in [-0.4, -0.2) is 43.0 Å². The summed E-state index contributed by atoms with van der Waals surface area (Å²) in [6.45, 7) is 3.29.